The summed E-state index contributed by atoms with van der Waals surface area (Å²) < 4.78 is 0. The highest BCUT2D eigenvalue weighted by atomic mass is 32.2. The molecule has 18 heavy (non-hydrogen) atoms. The normalized spacial score (nSPS) is 18.5. The number of ketones is 1. The lowest BCUT2D eigenvalue weighted by Crippen LogP contribution is -2.15. The molecule has 96 valence electrons. The summed E-state index contributed by atoms with van der Waals surface area (Å²) in [4.78, 5) is 13.4. The van der Waals surface area contributed by atoms with Gasteiger partial charge >= 0.3 is 0 Å². The first-order valence-electron chi connectivity index (χ1n) is 6.45. The van der Waals surface area contributed by atoms with Crippen molar-refractivity contribution in [2.75, 3.05) is 6.26 Å². The van der Waals surface area contributed by atoms with E-state index < -0.39 is 0 Å². The molecule has 1 unspecified atom stereocenters. The SMILES string of the molecule is CSc1ccc2c(c1)C(C)CC(C(=O)C(C)C)=C2. The Balaban J connectivity index is 2.41. The fourth-order valence-corrected chi connectivity index (χ4v) is 2.92. The summed E-state index contributed by atoms with van der Waals surface area (Å²) in [5, 5.41) is 0. The van der Waals surface area contributed by atoms with Gasteiger partial charge in [-0.25, -0.2) is 0 Å². The lowest BCUT2D eigenvalue weighted by molar-refractivity contribution is -0.118. The molecular weight excluding hydrogens is 240 g/mol. The highest BCUT2D eigenvalue weighted by molar-refractivity contribution is 7.98. The molecule has 0 fully saturated rings. The summed E-state index contributed by atoms with van der Waals surface area (Å²) in [5.74, 6) is 0.826. The van der Waals surface area contributed by atoms with Crippen LogP contribution in [0.4, 0.5) is 0 Å². The van der Waals surface area contributed by atoms with Crippen LogP contribution in [-0.2, 0) is 4.79 Å². The molecule has 0 radical (unpaired) electrons. The van der Waals surface area contributed by atoms with E-state index >= 15 is 0 Å². The lowest BCUT2D eigenvalue weighted by atomic mass is 9.81. The van der Waals surface area contributed by atoms with Crippen LogP contribution in [0.1, 0.15) is 44.2 Å². The maximum Gasteiger partial charge on any atom is 0.161 e. The quantitative estimate of drug-likeness (QED) is 0.743. The van der Waals surface area contributed by atoms with Gasteiger partial charge in [0.1, 0.15) is 0 Å². The standard InChI is InChI=1S/C16H20OS/c1-10(2)16(17)13-7-11(3)15-9-14(18-4)6-5-12(15)8-13/h5-6,8-11H,7H2,1-4H3. The number of hydrogen-bond acceptors (Lipinski definition) is 2. The van der Waals surface area contributed by atoms with E-state index in [2.05, 4.69) is 37.5 Å². The van der Waals surface area contributed by atoms with Crippen LogP contribution in [0.25, 0.3) is 6.08 Å². The van der Waals surface area contributed by atoms with Gasteiger partial charge in [-0.2, -0.15) is 0 Å². The van der Waals surface area contributed by atoms with Crippen LogP contribution in [-0.4, -0.2) is 12.0 Å². The van der Waals surface area contributed by atoms with Gasteiger partial charge in [0.05, 0.1) is 0 Å². The Morgan fingerprint density at radius 2 is 2.11 bits per heavy atom. The third-order valence-corrected chi connectivity index (χ3v) is 4.25. The molecular formula is C16H20OS. The highest BCUT2D eigenvalue weighted by Crippen LogP contribution is 2.36. The van der Waals surface area contributed by atoms with E-state index in [-0.39, 0.29) is 5.92 Å². The molecule has 1 nitrogen and oxygen atoms in total. The minimum Gasteiger partial charge on any atom is -0.294 e. The molecule has 1 aromatic carbocycles. The number of hydrogen-bond donors (Lipinski definition) is 0. The molecule has 1 aromatic rings. The van der Waals surface area contributed by atoms with Gasteiger partial charge < -0.3 is 0 Å². The Morgan fingerprint density at radius 1 is 1.39 bits per heavy atom. The van der Waals surface area contributed by atoms with E-state index in [1.807, 2.05) is 13.8 Å². The van der Waals surface area contributed by atoms with Crippen molar-refractivity contribution in [2.45, 2.75) is 38.0 Å². The Bertz CT molecular complexity index is 500. The van der Waals surface area contributed by atoms with E-state index in [1.54, 1.807) is 11.8 Å². The average molecular weight is 260 g/mol. The van der Waals surface area contributed by atoms with Crippen molar-refractivity contribution in [1.29, 1.82) is 0 Å². The van der Waals surface area contributed by atoms with Crippen molar-refractivity contribution in [1.82, 2.24) is 0 Å². The van der Waals surface area contributed by atoms with Gasteiger partial charge in [0.2, 0.25) is 0 Å². The van der Waals surface area contributed by atoms with E-state index in [1.165, 1.54) is 16.0 Å². The van der Waals surface area contributed by atoms with Gasteiger partial charge in [0.15, 0.2) is 5.78 Å². The predicted molar refractivity (Wildman–Crippen MR) is 79.1 cm³/mol. The number of carbonyl (C=O) groups excluding carboxylic acids is 1. The van der Waals surface area contributed by atoms with Crippen molar-refractivity contribution in [3.63, 3.8) is 0 Å². The maximum absolute atomic E-state index is 12.1. The first-order chi connectivity index (χ1) is 8.52. The molecule has 0 aliphatic heterocycles. The van der Waals surface area contributed by atoms with Crippen LogP contribution in [0.15, 0.2) is 28.7 Å². The van der Waals surface area contributed by atoms with Crippen molar-refractivity contribution >= 4 is 23.6 Å². The Kier molecular flexibility index (Phi) is 3.96. The largest absolute Gasteiger partial charge is 0.294 e. The number of allylic oxidation sites excluding steroid dienone is 1. The summed E-state index contributed by atoms with van der Waals surface area (Å²) in [6.45, 7) is 6.16. The molecule has 0 bridgehead atoms. The smallest absolute Gasteiger partial charge is 0.161 e. The number of fused-ring (bicyclic) bond motifs is 1. The molecule has 0 amide bonds. The molecule has 2 rings (SSSR count). The molecule has 0 saturated heterocycles. The number of Topliss-reactive ketones (excluding diaryl/α,β-unsaturated/α-hetero) is 1. The monoisotopic (exact) mass is 260 g/mol. The van der Waals surface area contributed by atoms with Crippen LogP contribution in [0.5, 0.6) is 0 Å². The van der Waals surface area contributed by atoms with Crippen LogP contribution < -0.4 is 0 Å². The van der Waals surface area contributed by atoms with E-state index in [4.69, 9.17) is 0 Å². The molecule has 0 spiro atoms. The minimum atomic E-state index is 0.0930. The molecule has 0 aromatic heterocycles. The molecule has 1 aliphatic carbocycles. The van der Waals surface area contributed by atoms with Crippen molar-refractivity contribution in [3.05, 3.63) is 34.9 Å². The van der Waals surface area contributed by atoms with Crippen molar-refractivity contribution < 1.29 is 4.79 Å². The van der Waals surface area contributed by atoms with E-state index in [9.17, 15) is 4.79 Å². The number of rotatable bonds is 3. The Hall–Kier alpha value is -1.02. The van der Waals surface area contributed by atoms with Crippen molar-refractivity contribution in [2.24, 2.45) is 5.92 Å². The molecule has 0 saturated carbocycles. The number of carbonyl (C=O) groups is 1. The highest BCUT2D eigenvalue weighted by Gasteiger charge is 2.23. The summed E-state index contributed by atoms with van der Waals surface area (Å²) in [5.41, 5.74) is 3.58. The van der Waals surface area contributed by atoms with Gasteiger partial charge in [0, 0.05) is 10.8 Å². The summed E-state index contributed by atoms with van der Waals surface area (Å²) >= 11 is 1.77. The van der Waals surface area contributed by atoms with Gasteiger partial charge in [-0.3, -0.25) is 4.79 Å². The fraction of sp³-hybridized carbons (Fsp3) is 0.438. The second-order valence-corrected chi connectivity index (χ2v) is 6.17. The summed E-state index contributed by atoms with van der Waals surface area (Å²) in [6.07, 6.45) is 5.06. The van der Waals surface area contributed by atoms with Crippen LogP contribution >= 0.6 is 11.8 Å². The lowest BCUT2D eigenvalue weighted by Gasteiger charge is -2.23. The van der Waals surface area contributed by atoms with Gasteiger partial charge in [-0.05, 0) is 53.5 Å². The molecule has 2 heteroatoms. The zero-order valence-corrected chi connectivity index (χ0v) is 12.3. The first-order valence-corrected chi connectivity index (χ1v) is 7.68. The van der Waals surface area contributed by atoms with Gasteiger partial charge in [-0.1, -0.05) is 26.8 Å². The van der Waals surface area contributed by atoms with E-state index in [0.29, 0.717) is 11.7 Å². The Morgan fingerprint density at radius 3 is 2.72 bits per heavy atom. The van der Waals surface area contributed by atoms with Crippen LogP contribution in [0.3, 0.4) is 0 Å². The van der Waals surface area contributed by atoms with E-state index in [0.717, 1.165) is 12.0 Å². The topological polar surface area (TPSA) is 17.1 Å². The summed E-state index contributed by atoms with van der Waals surface area (Å²) in [7, 11) is 0. The molecule has 0 N–H and O–H groups in total. The average Bonchev–Trinajstić information content (AvgIpc) is 2.37. The van der Waals surface area contributed by atoms with Crippen molar-refractivity contribution in [3.8, 4) is 0 Å². The first kappa shape index (κ1) is 13.4. The maximum atomic E-state index is 12.1. The fourth-order valence-electron chi connectivity index (χ4n) is 2.47. The molecule has 0 heterocycles. The second-order valence-electron chi connectivity index (χ2n) is 5.29. The third-order valence-electron chi connectivity index (χ3n) is 3.52. The second kappa shape index (κ2) is 5.31. The Labute approximate surface area is 114 Å². The molecule has 1 aliphatic rings. The minimum absolute atomic E-state index is 0.0930. The number of benzene rings is 1. The summed E-state index contributed by atoms with van der Waals surface area (Å²) in [6, 6.07) is 6.54. The molecule has 1 atom stereocenters. The number of thioether (sulfide) groups is 1. The van der Waals surface area contributed by atoms with Crippen LogP contribution in [0, 0.1) is 5.92 Å². The van der Waals surface area contributed by atoms with Crippen LogP contribution in [0.2, 0.25) is 0 Å². The predicted octanol–water partition coefficient (Wildman–Crippen LogP) is 4.52. The zero-order chi connectivity index (χ0) is 13.3. The third kappa shape index (κ3) is 2.54. The van der Waals surface area contributed by atoms with Gasteiger partial charge in [0.25, 0.3) is 0 Å². The van der Waals surface area contributed by atoms with Gasteiger partial charge in [-0.15, -0.1) is 11.8 Å². The zero-order valence-electron chi connectivity index (χ0n) is 11.5.